The highest BCUT2D eigenvalue weighted by Gasteiger charge is 2.17. The predicted molar refractivity (Wildman–Crippen MR) is 79.3 cm³/mol. The number of nitrogens with one attached hydrogen (secondary N) is 1. The Hall–Kier alpha value is -1.71. The van der Waals surface area contributed by atoms with E-state index in [4.69, 9.17) is 10.8 Å². The first-order valence-electron chi connectivity index (χ1n) is 5.82. The lowest BCUT2D eigenvalue weighted by molar-refractivity contribution is -0.138. The first-order chi connectivity index (χ1) is 9.93. The summed E-state index contributed by atoms with van der Waals surface area (Å²) >= 11 is 2.35. The fraction of sp³-hybridized carbons (Fsp3) is 0.250. The summed E-state index contributed by atoms with van der Waals surface area (Å²) in [7, 11) is 0. The molecule has 2 aromatic heterocycles. The van der Waals surface area contributed by atoms with E-state index in [2.05, 4.69) is 10.3 Å². The van der Waals surface area contributed by atoms with Gasteiger partial charge in [-0.2, -0.15) is 0 Å². The number of carbonyl (C=O) groups is 2. The zero-order valence-corrected chi connectivity index (χ0v) is 12.6. The van der Waals surface area contributed by atoms with E-state index in [0.717, 1.165) is 17.5 Å². The number of halogens is 1. The smallest absolute Gasteiger partial charge is 0.322 e. The van der Waals surface area contributed by atoms with Crippen molar-refractivity contribution in [2.75, 3.05) is 12.8 Å². The molecule has 2 heterocycles. The summed E-state index contributed by atoms with van der Waals surface area (Å²) in [4.78, 5) is 27.2. The van der Waals surface area contributed by atoms with Gasteiger partial charge >= 0.3 is 5.97 Å². The Morgan fingerprint density at radius 1 is 1.62 bits per heavy atom. The molecule has 0 radical (unpaired) electrons. The van der Waals surface area contributed by atoms with Crippen molar-refractivity contribution >= 4 is 45.2 Å². The molecule has 0 spiro atoms. The number of rotatable bonds is 5. The Morgan fingerprint density at radius 2 is 2.33 bits per heavy atom. The molecule has 0 fully saturated rings. The number of nitrogens with zero attached hydrogens (tertiary/aromatic N) is 1. The molecule has 0 aromatic carbocycles. The van der Waals surface area contributed by atoms with Crippen molar-refractivity contribution in [2.24, 2.45) is 5.73 Å². The quantitative estimate of drug-likeness (QED) is 0.714. The Balaban J connectivity index is 2.23. The Bertz CT molecular complexity index is 704. The molecule has 21 heavy (non-hydrogen) atoms. The minimum atomic E-state index is -1.19. The van der Waals surface area contributed by atoms with Crippen molar-refractivity contribution in [1.82, 2.24) is 10.3 Å². The minimum Gasteiger partial charge on any atom is -0.480 e. The number of fused-ring (bicyclic) bond motifs is 1. The van der Waals surface area contributed by atoms with Crippen LogP contribution in [0.4, 0.5) is 4.39 Å². The first kappa shape index (κ1) is 15.7. The van der Waals surface area contributed by atoms with Crippen LogP contribution in [-0.4, -0.2) is 40.8 Å². The zero-order valence-electron chi connectivity index (χ0n) is 10.9. The molecular formula is C12H12FN3O3S2. The molecule has 2 aromatic rings. The molecule has 1 amide bonds. The van der Waals surface area contributed by atoms with Gasteiger partial charge in [0.05, 0.1) is 26.2 Å². The highest BCUT2D eigenvalue weighted by atomic mass is 32.2. The SMILES string of the molecule is CSc1c(F)cnc2cc(C(=O)NCC(N)C(=O)O)sc12. The number of hydrogen-bond donors (Lipinski definition) is 3. The second-order valence-electron chi connectivity index (χ2n) is 4.12. The van der Waals surface area contributed by atoms with Gasteiger partial charge < -0.3 is 16.2 Å². The summed E-state index contributed by atoms with van der Waals surface area (Å²) in [5.74, 6) is -2.08. The van der Waals surface area contributed by atoms with E-state index in [0.29, 0.717) is 20.0 Å². The number of carbonyl (C=O) groups excluding carboxylic acids is 1. The molecule has 0 aliphatic carbocycles. The number of thioether (sulfide) groups is 1. The highest BCUT2D eigenvalue weighted by molar-refractivity contribution is 7.99. The average Bonchev–Trinajstić information content (AvgIpc) is 2.88. The summed E-state index contributed by atoms with van der Waals surface area (Å²) < 4.78 is 14.2. The van der Waals surface area contributed by atoms with Crippen molar-refractivity contribution in [2.45, 2.75) is 10.9 Å². The molecule has 6 nitrogen and oxygen atoms in total. The molecule has 2 rings (SSSR count). The van der Waals surface area contributed by atoms with Crippen LogP contribution >= 0.6 is 23.1 Å². The topological polar surface area (TPSA) is 105 Å². The number of nitrogens with two attached hydrogens (primary N) is 1. The number of amides is 1. The highest BCUT2D eigenvalue weighted by Crippen LogP contribution is 2.33. The molecule has 0 saturated carbocycles. The standard InChI is InChI=1S/C12H12FN3O3S2/c1-20-9-5(13)3-15-7-2-8(21-10(7)9)11(17)16-4-6(14)12(18)19/h2-3,6H,4,14H2,1H3,(H,16,17)(H,18,19). The molecular weight excluding hydrogens is 317 g/mol. The van der Waals surface area contributed by atoms with Crippen molar-refractivity contribution in [3.63, 3.8) is 0 Å². The second-order valence-corrected chi connectivity index (χ2v) is 5.99. The first-order valence-corrected chi connectivity index (χ1v) is 7.86. The summed E-state index contributed by atoms with van der Waals surface area (Å²) in [5.41, 5.74) is 5.83. The van der Waals surface area contributed by atoms with Crippen LogP contribution in [0, 0.1) is 5.82 Å². The van der Waals surface area contributed by atoms with E-state index in [1.807, 2.05) is 0 Å². The lowest BCUT2D eigenvalue weighted by Gasteiger charge is -2.06. The van der Waals surface area contributed by atoms with Gasteiger partial charge in [0, 0.05) is 6.54 Å². The normalized spacial score (nSPS) is 12.3. The summed E-state index contributed by atoms with van der Waals surface area (Å²) in [6.07, 6.45) is 2.85. The van der Waals surface area contributed by atoms with Gasteiger partial charge in [-0.1, -0.05) is 0 Å². The third-order valence-electron chi connectivity index (χ3n) is 2.68. The molecule has 9 heteroatoms. The second kappa shape index (κ2) is 6.37. The van der Waals surface area contributed by atoms with Crippen LogP contribution in [0.3, 0.4) is 0 Å². The van der Waals surface area contributed by atoms with Crippen molar-refractivity contribution < 1.29 is 19.1 Å². The van der Waals surface area contributed by atoms with Gasteiger partial charge in [-0.25, -0.2) is 4.39 Å². The maximum atomic E-state index is 13.6. The third kappa shape index (κ3) is 3.31. The number of carboxylic acid groups (broad SMARTS) is 1. The van der Waals surface area contributed by atoms with Gasteiger partial charge in [0.2, 0.25) is 0 Å². The molecule has 4 N–H and O–H groups in total. The molecule has 0 aliphatic rings. The van der Waals surface area contributed by atoms with E-state index in [9.17, 15) is 14.0 Å². The van der Waals surface area contributed by atoms with Crippen LogP contribution < -0.4 is 11.1 Å². The number of aliphatic carboxylic acids is 1. The van der Waals surface area contributed by atoms with Gasteiger partial charge in [-0.3, -0.25) is 14.6 Å². The van der Waals surface area contributed by atoms with Crippen molar-refractivity contribution in [1.29, 1.82) is 0 Å². The van der Waals surface area contributed by atoms with E-state index >= 15 is 0 Å². The number of carboxylic acids is 1. The Labute approximate surface area is 127 Å². The number of hydrogen-bond acceptors (Lipinski definition) is 6. The molecule has 0 bridgehead atoms. The fourth-order valence-corrected chi connectivity index (χ4v) is 3.49. The van der Waals surface area contributed by atoms with Gasteiger partial charge in [0.25, 0.3) is 5.91 Å². The maximum absolute atomic E-state index is 13.6. The van der Waals surface area contributed by atoms with Crippen LogP contribution in [-0.2, 0) is 4.79 Å². The maximum Gasteiger partial charge on any atom is 0.322 e. The number of thiophene rings is 1. The summed E-state index contributed by atoms with van der Waals surface area (Å²) in [6.45, 7) is -0.181. The van der Waals surface area contributed by atoms with Crippen molar-refractivity contribution in [3.8, 4) is 0 Å². The summed E-state index contributed by atoms with van der Waals surface area (Å²) in [5, 5.41) is 11.1. The Kier molecular flexibility index (Phi) is 4.76. The van der Waals surface area contributed by atoms with E-state index in [-0.39, 0.29) is 6.54 Å². The molecule has 112 valence electrons. The van der Waals surface area contributed by atoms with Crippen LogP contribution in [0.15, 0.2) is 17.2 Å². The zero-order chi connectivity index (χ0) is 15.6. The van der Waals surface area contributed by atoms with Gasteiger partial charge in [-0.15, -0.1) is 23.1 Å². The monoisotopic (exact) mass is 329 g/mol. The lowest BCUT2D eigenvalue weighted by atomic mass is 10.3. The summed E-state index contributed by atoms with van der Waals surface area (Å²) in [6, 6.07) is 0.376. The van der Waals surface area contributed by atoms with Crippen LogP contribution in [0.2, 0.25) is 0 Å². The van der Waals surface area contributed by atoms with E-state index in [1.165, 1.54) is 11.8 Å². The predicted octanol–water partition coefficient (Wildman–Crippen LogP) is 1.30. The van der Waals surface area contributed by atoms with Crippen LogP contribution in [0.25, 0.3) is 10.2 Å². The molecule has 1 unspecified atom stereocenters. The molecule has 0 saturated heterocycles. The van der Waals surface area contributed by atoms with Gasteiger partial charge in [-0.05, 0) is 12.3 Å². The van der Waals surface area contributed by atoms with Gasteiger partial charge in [0.1, 0.15) is 6.04 Å². The third-order valence-corrected chi connectivity index (χ3v) is 4.76. The van der Waals surface area contributed by atoms with E-state index in [1.54, 1.807) is 12.3 Å². The van der Waals surface area contributed by atoms with E-state index < -0.39 is 23.7 Å². The largest absolute Gasteiger partial charge is 0.480 e. The van der Waals surface area contributed by atoms with Crippen LogP contribution in [0.5, 0.6) is 0 Å². The lowest BCUT2D eigenvalue weighted by Crippen LogP contribution is -2.42. The number of pyridine rings is 1. The average molecular weight is 329 g/mol. The fourth-order valence-electron chi connectivity index (χ4n) is 1.61. The number of aromatic nitrogens is 1. The minimum absolute atomic E-state index is 0.181. The van der Waals surface area contributed by atoms with Crippen molar-refractivity contribution in [3.05, 3.63) is 23.0 Å². The van der Waals surface area contributed by atoms with Gasteiger partial charge in [0.15, 0.2) is 5.82 Å². The van der Waals surface area contributed by atoms with Crippen LogP contribution in [0.1, 0.15) is 9.67 Å². The molecule has 1 atom stereocenters. The Morgan fingerprint density at radius 3 is 2.95 bits per heavy atom. The molecule has 0 aliphatic heterocycles.